The summed E-state index contributed by atoms with van der Waals surface area (Å²) in [5.41, 5.74) is 0.840. The van der Waals surface area contributed by atoms with E-state index in [1.807, 2.05) is 6.07 Å². The zero-order chi connectivity index (χ0) is 17.1. The quantitative estimate of drug-likeness (QED) is 0.735. The van der Waals surface area contributed by atoms with Gasteiger partial charge < -0.3 is 9.88 Å². The van der Waals surface area contributed by atoms with E-state index in [1.54, 1.807) is 12.1 Å². The zero-order valence-corrected chi connectivity index (χ0v) is 15.6. The van der Waals surface area contributed by atoms with Crippen molar-refractivity contribution < 1.29 is 4.79 Å². The summed E-state index contributed by atoms with van der Waals surface area (Å²) in [7, 11) is 0. The average Bonchev–Trinajstić information content (AvgIpc) is 3.32. The number of amides is 1. The molecule has 8 heteroatoms. The first-order valence-electron chi connectivity index (χ1n) is 7.85. The molecule has 1 aliphatic rings. The molecule has 1 aliphatic carbocycles. The first-order valence-corrected chi connectivity index (χ1v) is 9.59. The van der Waals surface area contributed by atoms with E-state index in [9.17, 15) is 4.79 Å². The van der Waals surface area contributed by atoms with E-state index in [2.05, 4.69) is 27.0 Å². The molecule has 128 valence electrons. The van der Waals surface area contributed by atoms with Crippen LogP contribution < -0.4 is 5.32 Å². The van der Waals surface area contributed by atoms with Crippen LogP contribution >= 0.6 is 35.0 Å². The van der Waals surface area contributed by atoms with E-state index in [-0.39, 0.29) is 5.91 Å². The maximum atomic E-state index is 12.1. The largest absolute Gasteiger partial charge is 0.351 e. The fourth-order valence-corrected chi connectivity index (χ4v) is 3.70. The number of carbonyl (C=O) groups is 1. The number of nitrogens with zero attached hydrogens (tertiary/aromatic N) is 3. The van der Waals surface area contributed by atoms with Gasteiger partial charge in [-0.05, 0) is 37.5 Å². The highest BCUT2D eigenvalue weighted by atomic mass is 35.5. The molecule has 24 heavy (non-hydrogen) atoms. The molecule has 5 nitrogen and oxygen atoms in total. The second-order valence-corrected chi connectivity index (χ2v) is 7.45. The van der Waals surface area contributed by atoms with Crippen molar-refractivity contribution in [1.29, 1.82) is 0 Å². The lowest BCUT2D eigenvalue weighted by molar-refractivity contribution is -0.118. The Labute approximate surface area is 155 Å². The second-order valence-electron chi connectivity index (χ2n) is 5.66. The van der Waals surface area contributed by atoms with E-state index in [4.69, 9.17) is 23.2 Å². The summed E-state index contributed by atoms with van der Waals surface area (Å²) in [6, 6.07) is 5.24. The van der Waals surface area contributed by atoms with E-state index >= 15 is 0 Å². The third-order valence-corrected chi connectivity index (χ3v) is 5.38. The van der Waals surface area contributed by atoms with Crippen molar-refractivity contribution in [3.05, 3.63) is 39.6 Å². The Morgan fingerprint density at radius 3 is 2.83 bits per heavy atom. The smallest absolute Gasteiger partial charge is 0.230 e. The van der Waals surface area contributed by atoms with E-state index in [0.717, 1.165) is 23.1 Å². The topological polar surface area (TPSA) is 59.8 Å². The highest BCUT2D eigenvalue weighted by Crippen LogP contribution is 2.39. The number of rotatable bonds is 7. The standard InChI is InChI=1S/C16H18Cl2N4OS/c1-2-22-15(10-3-4-10)20-21-16(22)24-9-14(23)19-8-11-5-6-12(17)7-13(11)18/h5-7,10H,2-4,8-9H2,1H3,(H,19,23). The van der Waals surface area contributed by atoms with Gasteiger partial charge in [0, 0.05) is 29.1 Å². The summed E-state index contributed by atoms with van der Waals surface area (Å²) >= 11 is 13.4. The summed E-state index contributed by atoms with van der Waals surface area (Å²) in [6.07, 6.45) is 2.37. The van der Waals surface area contributed by atoms with Crippen molar-refractivity contribution in [2.75, 3.05) is 5.75 Å². The first kappa shape index (κ1) is 17.6. The van der Waals surface area contributed by atoms with Gasteiger partial charge in [-0.15, -0.1) is 10.2 Å². The highest BCUT2D eigenvalue weighted by Gasteiger charge is 2.30. The number of aromatic nitrogens is 3. The minimum absolute atomic E-state index is 0.0651. The van der Waals surface area contributed by atoms with E-state index in [0.29, 0.717) is 28.3 Å². The molecule has 0 saturated heterocycles. The number of nitrogens with one attached hydrogen (secondary N) is 1. The fourth-order valence-electron chi connectivity index (χ4n) is 2.39. The molecular weight excluding hydrogens is 367 g/mol. The van der Waals surface area contributed by atoms with Gasteiger partial charge in [0.25, 0.3) is 0 Å². The van der Waals surface area contributed by atoms with Crippen LogP contribution in [0.4, 0.5) is 0 Å². The lowest BCUT2D eigenvalue weighted by Gasteiger charge is -2.08. The van der Waals surface area contributed by atoms with Crippen molar-refractivity contribution in [2.45, 2.75) is 43.9 Å². The van der Waals surface area contributed by atoms with Crippen LogP contribution in [0.5, 0.6) is 0 Å². The Bertz CT molecular complexity index is 746. The van der Waals surface area contributed by atoms with Crippen LogP contribution in [0.3, 0.4) is 0 Å². The van der Waals surface area contributed by atoms with Crippen LogP contribution in [0.25, 0.3) is 0 Å². The Kier molecular flexibility index (Phi) is 5.69. The van der Waals surface area contributed by atoms with Gasteiger partial charge in [0.15, 0.2) is 5.16 Å². The number of halogens is 2. The highest BCUT2D eigenvalue weighted by molar-refractivity contribution is 7.99. The molecule has 0 unspecified atom stereocenters. The summed E-state index contributed by atoms with van der Waals surface area (Å²) in [4.78, 5) is 12.1. The lowest BCUT2D eigenvalue weighted by Crippen LogP contribution is -2.24. The molecule has 2 aromatic rings. The van der Waals surface area contributed by atoms with Crippen molar-refractivity contribution in [1.82, 2.24) is 20.1 Å². The summed E-state index contributed by atoms with van der Waals surface area (Å²) in [5.74, 6) is 1.83. The minimum Gasteiger partial charge on any atom is -0.351 e. The van der Waals surface area contributed by atoms with Gasteiger partial charge in [0.1, 0.15) is 5.82 Å². The maximum absolute atomic E-state index is 12.1. The minimum atomic E-state index is -0.0651. The summed E-state index contributed by atoms with van der Waals surface area (Å²) in [5, 5.41) is 13.3. The molecule has 1 saturated carbocycles. The van der Waals surface area contributed by atoms with Crippen LogP contribution in [0.15, 0.2) is 23.4 Å². The van der Waals surface area contributed by atoms with Crippen LogP contribution in [0.2, 0.25) is 10.0 Å². The molecule has 0 aliphatic heterocycles. The normalized spacial score (nSPS) is 14.0. The van der Waals surface area contributed by atoms with Crippen molar-refractivity contribution in [2.24, 2.45) is 0 Å². The summed E-state index contributed by atoms with van der Waals surface area (Å²) < 4.78 is 2.10. The molecule has 1 N–H and O–H groups in total. The second kappa shape index (κ2) is 7.76. The van der Waals surface area contributed by atoms with Gasteiger partial charge in [-0.3, -0.25) is 4.79 Å². The summed E-state index contributed by atoms with van der Waals surface area (Å²) in [6.45, 7) is 3.27. The van der Waals surface area contributed by atoms with E-state index in [1.165, 1.54) is 24.6 Å². The number of carbonyl (C=O) groups excluding carboxylic acids is 1. The Morgan fingerprint density at radius 2 is 2.17 bits per heavy atom. The van der Waals surface area contributed by atoms with Gasteiger partial charge in [0.2, 0.25) is 5.91 Å². The zero-order valence-electron chi connectivity index (χ0n) is 13.3. The molecule has 1 aromatic heterocycles. The predicted molar refractivity (Wildman–Crippen MR) is 96.7 cm³/mol. The van der Waals surface area contributed by atoms with Crippen molar-refractivity contribution in [3.63, 3.8) is 0 Å². The van der Waals surface area contributed by atoms with Gasteiger partial charge in [-0.2, -0.15) is 0 Å². The van der Waals surface area contributed by atoms with Gasteiger partial charge in [-0.25, -0.2) is 0 Å². The molecule has 0 bridgehead atoms. The van der Waals surface area contributed by atoms with Gasteiger partial charge in [0.05, 0.1) is 5.75 Å². The van der Waals surface area contributed by atoms with Crippen molar-refractivity contribution in [3.8, 4) is 0 Å². The number of thioether (sulfide) groups is 1. The van der Waals surface area contributed by atoms with Crippen LogP contribution in [-0.4, -0.2) is 26.4 Å². The molecule has 3 rings (SSSR count). The average molecular weight is 385 g/mol. The molecule has 1 fully saturated rings. The fraction of sp³-hybridized carbons (Fsp3) is 0.438. The number of benzene rings is 1. The van der Waals surface area contributed by atoms with Crippen LogP contribution in [0.1, 0.15) is 37.1 Å². The van der Waals surface area contributed by atoms with E-state index < -0.39 is 0 Å². The first-order chi connectivity index (χ1) is 11.6. The van der Waals surface area contributed by atoms with Gasteiger partial charge in [-0.1, -0.05) is 41.0 Å². The third-order valence-electron chi connectivity index (χ3n) is 3.83. The molecule has 0 radical (unpaired) electrons. The monoisotopic (exact) mass is 384 g/mol. The predicted octanol–water partition coefficient (Wildman–Crippen LogP) is 3.89. The molecule has 1 amide bonds. The molecule has 1 heterocycles. The van der Waals surface area contributed by atoms with Crippen LogP contribution in [-0.2, 0) is 17.9 Å². The van der Waals surface area contributed by atoms with Gasteiger partial charge >= 0.3 is 0 Å². The number of hydrogen-bond acceptors (Lipinski definition) is 4. The lowest BCUT2D eigenvalue weighted by atomic mass is 10.2. The number of hydrogen-bond donors (Lipinski definition) is 1. The maximum Gasteiger partial charge on any atom is 0.230 e. The Morgan fingerprint density at radius 1 is 1.38 bits per heavy atom. The Balaban J connectivity index is 1.52. The van der Waals surface area contributed by atoms with Crippen LogP contribution in [0, 0.1) is 0 Å². The molecule has 0 atom stereocenters. The third kappa shape index (κ3) is 4.23. The Hall–Kier alpha value is -1.24. The molecule has 1 aromatic carbocycles. The van der Waals surface area contributed by atoms with Crippen molar-refractivity contribution >= 4 is 40.9 Å². The molecule has 0 spiro atoms. The molecular formula is C16H18Cl2N4OS. The SMILES string of the molecule is CCn1c(SCC(=O)NCc2ccc(Cl)cc2Cl)nnc1C1CC1.